The number of benzene rings is 1. The number of amidine groups is 1. The van der Waals surface area contributed by atoms with Crippen molar-refractivity contribution in [2.75, 3.05) is 40.3 Å². The Labute approximate surface area is 127 Å². The smallest absolute Gasteiger partial charge is 0.129 e. The highest BCUT2D eigenvalue weighted by molar-refractivity contribution is 5.97. The Morgan fingerprint density at radius 1 is 1.38 bits per heavy atom. The summed E-state index contributed by atoms with van der Waals surface area (Å²) < 4.78 is 5.24. The molecule has 5 nitrogen and oxygen atoms in total. The number of hydrogen-bond donors (Lipinski definition) is 2. The van der Waals surface area contributed by atoms with E-state index in [1.165, 1.54) is 25.9 Å². The van der Waals surface area contributed by atoms with E-state index in [9.17, 15) is 0 Å². The molecule has 1 saturated heterocycles. The fraction of sp³-hybridized carbons (Fsp3) is 0.562. The molecule has 1 aliphatic rings. The van der Waals surface area contributed by atoms with Crippen LogP contribution in [0.1, 0.15) is 24.0 Å². The van der Waals surface area contributed by atoms with Crippen LogP contribution in [0.3, 0.4) is 0 Å². The zero-order chi connectivity index (χ0) is 15.2. The average molecular weight is 290 g/mol. The minimum Gasteiger partial charge on any atom is -0.496 e. The van der Waals surface area contributed by atoms with E-state index in [2.05, 4.69) is 16.8 Å². The van der Waals surface area contributed by atoms with Crippen LogP contribution in [0.2, 0.25) is 0 Å². The summed E-state index contributed by atoms with van der Waals surface area (Å²) in [6.45, 7) is 5.53. The first-order valence-electron chi connectivity index (χ1n) is 7.52. The van der Waals surface area contributed by atoms with Gasteiger partial charge in [0.05, 0.1) is 12.7 Å². The quantitative estimate of drug-likeness (QED) is 0.590. The summed E-state index contributed by atoms with van der Waals surface area (Å²) in [4.78, 5) is 4.83. The van der Waals surface area contributed by atoms with Gasteiger partial charge in [-0.3, -0.25) is 5.41 Å². The van der Waals surface area contributed by atoms with Crippen molar-refractivity contribution in [3.63, 3.8) is 0 Å². The summed E-state index contributed by atoms with van der Waals surface area (Å²) in [6, 6.07) is 5.88. The molecule has 2 rings (SSSR count). The van der Waals surface area contributed by atoms with Gasteiger partial charge in [-0.1, -0.05) is 6.07 Å². The lowest BCUT2D eigenvalue weighted by Gasteiger charge is -2.21. The number of hydrogen-bond acceptors (Lipinski definition) is 4. The molecule has 1 aromatic carbocycles. The van der Waals surface area contributed by atoms with Crippen LogP contribution in [-0.4, -0.2) is 56.0 Å². The van der Waals surface area contributed by atoms with Crippen LogP contribution in [-0.2, 0) is 6.54 Å². The number of nitrogens with zero attached hydrogens (tertiary/aromatic N) is 2. The summed E-state index contributed by atoms with van der Waals surface area (Å²) >= 11 is 0. The molecule has 1 aromatic rings. The second-order valence-electron chi connectivity index (χ2n) is 5.73. The molecule has 0 saturated carbocycles. The van der Waals surface area contributed by atoms with Gasteiger partial charge in [-0.25, -0.2) is 0 Å². The summed E-state index contributed by atoms with van der Waals surface area (Å²) in [5.41, 5.74) is 7.44. The Bertz CT molecular complexity index is 483. The van der Waals surface area contributed by atoms with Crippen LogP contribution in [0.4, 0.5) is 0 Å². The van der Waals surface area contributed by atoms with Crippen molar-refractivity contribution < 1.29 is 4.74 Å². The predicted molar refractivity (Wildman–Crippen MR) is 86.0 cm³/mol. The third-order valence-corrected chi connectivity index (χ3v) is 4.00. The molecule has 0 unspecified atom stereocenters. The van der Waals surface area contributed by atoms with Gasteiger partial charge in [0, 0.05) is 19.6 Å². The molecule has 1 heterocycles. The Morgan fingerprint density at radius 3 is 2.71 bits per heavy atom. The van der Waals surface area contributed by atoms with Crippen molar-refractivity contribution in [3.05, 3.63) is 29.3 Å². The van der Waals surface area contributed by atoms with Crippen LogP contribution in [0.25, 0.3) is 0 Å². The first kappa shape index (κ1) is 15.8. The molecule has 0 spiro atoms. The molecule has 116 valence electrons. The van der Waals surface area contributed by atoms with Gasteiger partial charge in [0.15, 0.2) is 0 Å². The van der Waals surface area contributed by atoms with Gasteiger partial charge >= 0.3 is 0 Å². The third-order valence-electron chi connectivity index (χ3n) is 4.00. The van der Waals surface area contributed by atoms with E-state index in [0.717, 1.165) is 25.2 Å². The highest BCUT2D eigenvalue weighted by Crippen LogP contribution is 2.20. The molecule has 21 heavy (non-hydrogen) atoms. The minimum atomic E-state index is 0.0495. The normalized spacial score (nSPS) is 15.6. The number of nitrogens with two attached hydrogens (primary N) is 1. The van der Waals surface area contributed by atoms with E-state index in [1.54, 1.807) is 7.11 Å². The molecular weight excluding hydrogens is 264 g/mol. The molecule has 5 heteroatoms. The number of nitrogens with one attached hydrogen (secondary N) is 1. The largest absolute Gasteiger partial charge is 0.496 e. The maximum atomic E-state index is 7.63. The van der Waals surface area contributed by atoms with Crippen molar-refractivity contribution in [1.29, 1.82) is 5.41 Å². The molecule has 1 aliphatic heterocycles. The first-order chi connectivity index (χ1) is 10.1. The summed E-state index contributed by atoms with van der Waals surface area (Å²) in [5, 5.41) is 7.63. The maximum Gasteiger partial charge on any atom is 0.129 e. The summed E-state index contributed by atoms with van der Waals surface area (Å²) in [7, 11) is 3.73. The van der Waals surface area contributed by atoms with Crippen LogP contribution in [0, 0.1) is 5.41 Å². The van der Waals surface area contributed by atoms with Crippen LogP contribution < -0.4 is 10.5 Å². The van der Waals surface area contributed by atoms with Gasteiger partial charge in [0.25, 0.3) is 0 Å². The fourth-order valence-corrected chi connectivity index (χ4v) is 2.77. The first-order valence-corrected chi connectivity index (χ1v) is 7.52. The summed E-state index contributed by atoms with van der Waals surface area (Å²) in [5.74, 6) is 0.708. The number of rotatable bonds is 7. The Kier molecular flexibility index (Phi) is 5.59. The minimum absolute atomic E-state index is 0.0495. The molecule has 0 aromatic heterocycles. The second-order valence-corrected chi connectivity index (χ2v) is 5.73. The SMILES string of the molecule is COc1ccc(CN(C)CCN2CCCC2)cc1C(=N)N. The molecule has 0 radical (unpaired) electrons. The predicted octanol–water partition coefficient (Wildman–Crippen LogP) is 1.51. The standard InChI is InChI=1S/C16H26N4O/c1-19(9-10-20-7-3-4-8-20)12-13-5-6-15(21-2)14(11-13)16(17)18/h5-6,11H,3-4,7-10,12H2,1-2H3,(H3,17,18). The second kappa shape index (κ2) is 7.43. The number of ether oxygens (including phenoxy) is 1. The lowest BCUT2D eigenvalue weighted by Crippen LogP contribution is -2.31. The molecule has 1 fully saturated rings. The van der Waals surface area contributed by atoms with Crippen molar-refractivity contribution in [2.24, 2.45) is 5.73 Å². The molecule has 0 bridgehead atoms. The van der Waals surface area contributed by atoms with E-state index in [-0.39, 0.29) is 5.84 Å². The number of likely N-dealkylation sites (N-methyl/N-ethyl adjacent to an activating group) is 1. The van der Waals surface area contributed by atoms with E-state index in [4.69, 9.17) is 15.9 Å². The van der Waals surface area contributed by atoms with E-state index >= 15 is 0 Å². The van der Waals surface area contributed by atoms with Crippen LogP contribution >= 0.6 is 0 Å². The zero-order valence-corrected chi connectivity index (χ0v) is 13.1. The molecular formula is C16H26N4O. The van der Waals surface area contributed by atoms with Gasteiger partial charge in [-0.2, -0.15) is 0 Å². The van der Waals surface area contributed by atoms with E-state index < -0.39 is 0 Å². The van der Waals surface area contributed by atoms with Crippen molar-refractivity contribution in [2.45, 2.75) is 19.4 Å². The Hall–Kier alpha value is -1.59. The Balaban J connectivity index is 1.92. The maximum absolute atomic E-state index is 7.63. The molecule has 0 amide bonds. The van der Waals surface area contributed by atoms with Crippen LogP contribution in [0.15, 0.2) is 18.2 Å². The average Bonchev–Trinajstić information content (AvgIpc) is 2.98. The van der Waals surface area contributed by atoms with Crippen LogP contribution in [0.5, 0.6) is 5.75 Å². The van der Waals surface area contributed by atoms with Gasteiger partial charge in [0.2, 0.25) is 0 Å². The third kappa shape index (κ3) is 4.44. The number of likely N-dealkylation sites (tertiary alicyclic amines) is 1. The fourth-order valence-electron chi connectivity index (χ4n) is 2.77. The highest BCUT2D eigenvalue weighted by Gasteiger charge is 2.12. The molecule has 0 atom stereocenters. The van der Waals surface area contributed by atoms with Gasteiger partial charge in [0.1, 0.15) is 11.6 Å². The van der Waals surface area contributed by atoms with Gasteiger partial charge in [-0.05, 0) is 50.7 Å². The van der Waals surface area contributed by atoms with Crippen molar-refractivity contribution in [3.8, 4) is 5.75 Å². The number of methoxy groups -OCH3 is 1. The zero-order valence-electron chi connectivity index (χ0n) is 13.1. The van der Waals surface area contributed by atoms with Crippen molar-refractivity contribution in [1.82, 2.24) is 9.80 Å². The van der Waals surface area contributed by atoms with Gasteiger partial charge < -0.3 is 20.3 Å². The monoisotopic (exact) mass is 290 g/mol. The lowest BCUT2D eigenvalue weighted by atomic mass is 10.1. The lowest BCUT2D eigenvalue weighted by molar-refractivity contribution is 0.252. The number of nitrogen functional groups attached to an aromatic ring is 1. The highest BCUT2D eigenvalue weighted by atomic mass is 16.5. The molecule has 3 N–H and O–H groups in total. The van der Waals surface area contributed by atoms with Gasteiger partial charge in [-0.15, -0.1) is 0 Å². The Morgan fingerprint density at radius 2 is 2.10 bits per heavy atom. The van der Waals surface area contributed by atoms with Crippen molar-refractivity contribution >= 4 is 5.84 Å². The van der Waals surface area contributed by atoms with E-state index in [1.807, 2.05) is 18.2 Å². The van der Waals surface area contributed by atoms with E-state index in [0.29, 0.717) is 11.3 Å². The summed E-state index contributed by atoms with van der Waals surface area (Å²) in [6.07, 6.45) is 2.67. The topological polar surface area (TPSA) is 65.6 Å². The molecule has 0 aliphatic carbocycles.